The van der Waals surface area contributed by atoms with E-state index in [-0.39, 0.29) is 12.9 Å². The number of pyridine rings is 2. The van der Waals surface area contributed by atoms with Crippen LogP contribution in [0.4, 0.5) is 5.69 Å². The van der Waals surface area contributed by atoms with Crippen LogP contribution in [0.5, 0.6) is 5.75 Å². The summed E-state index contributed by atoms with van der Waals surface area (Å²) in [5, 5.41) is 13.8. The normalized spacial score (nSPS) is 13.6. The second-order valence-electron chi connectivity index (χ2n) is 7.04. The van der Waals surface area contributed by atoms with Crippen molar-refractivity contribution >= 4 is 18.6 Å². The van der Waals surface area contributed by atoms with Gasteiger partial charge < -0.3 is 19.8 Å². The summed E-state index contributed by atoms with van der Waals surface area (Å²) in [5.41, 5.74) is 5.93. The second-order valence-corrected chi connectivity index (χ2v) is 7.04. The van der Waals surface area contributed by atoms with Gasteiger partial charge in [0.25, 0.3) is 12.9 Å². The first-order valence-electron chi connectivity index (χ1n) is 9.96. The second kappa shape index (κ2) is 13.9. The molecule has 9 heteroatoms. The largest absolute Gasteiger partial charge is 0.496 e. The van der Waals surface area contributed by atoms with Crippen LogP contribution in [0.1, 0.15) is 28.8 Å². The van der Waals surface area contributed by atoms with E-state index in [0.717, 1.165) is 61.7 Å². The molecule has 170 valence electrons. The Morgan fingerprint density at radius 2 is 1.71 bits per heavy atom. The van der Waals surface area contributed by atoms with Gasteiger partial charge in [0.1, 0.15) is 5.75 Å². The molecule has 9 nitrogen and oxygen atoms in total. The van der Waals surface area contributed by atoms with Gasteiger partial charge in [0, 0.05) is 68.1 Å². The van der Waals surface area contributed by atoms with Crippen molar-refractivity contribution in [1.29, 1.82) is 0 Å². The number of rotatable bonds is 4. The molecule has 3 rings (SSSR count). The Bertz CT molecular complexity index is 826. The molecule has 2 aromatic rings. The topological polar surface area (TPSA) is 116 Å². The van der Waals surface area contributed by atoms with Gasteiger partial charge in [-0.15, -0.1) is 0 Å². The van der Waals surface area contributed by atoms with Gasteiger partial charge in [-0.25, -0.2) is 0 Å². The first kappa shape index (κ1) is 25.8. The number of carboxylic acid groups (broad SMARTS) is 2. The van der Waals surface area contributed by atoms with E-state index < -0.39 is 0 Å². The molecule has 1 aliphatic rings. The summed E-state index contributed by atoms with van der Waals surface area (Å²) >= 11 is 0. The number of aromatic nitrogens is 2. The van der Waals surface area contributed by atoms with Gasteiger partial charge in [-0.2, -0.15) is 0 Å². The third-order valence-electron chi connectivity index (χ3n) is 5.04. The van der Waals surface area contributed by atoms with E-state index >= 15 is 0 Å². The van der Waals surface area contributed by atoms with E-state index in [1.54, 1.807) is 7.11 Å². The number of carbonyl (C=O) groups is 2. The maximum atomic E-state index is 8.36. The lowest BCUT2D eigenvalue weighted by atomic mass is 10.1. The summed E-state index contributed by atoms with van der Waals surface area (Å²) in [4.78, 5) is 30.6. The van der Waals surface area contributed by atoms with Crippen LogP contribution in [0.15, 0.2) is 24.7 Å². The van der Waals surface area contributed by atoms with Crippen molar-refractivity contribution in [1.82, 2.24) is 14.9 Å². The molecule has 0 unspecified atom stereocenters. The number of nitrogens with zero attached hydrogens (tertiary/aromatic N) is 4. The molecule has 3 heterocycles. The Hall–Kier alpha value is -3.20. The first-order chi connectivity index (χ1) is 14.9. The van der Waals surface area contributed by atoms with Crippen molar-refractivity contribution in [2.24, 2.45) is 0 Å². The van der Waals surface area contributed by atoms with Gasteiger partial charge in [-0.3, -0.25) is 24.5 Å². The first-order valence-corrected chi connectivity index (χ1v) is 9.96. The Kier molecular flexibility index (Phi) is 11.6. The summed E-state index contributed by atoms with van der Waals surface area (Å²) in [6, 6.07) is 2.13. The Balaban J connectivity index is 0.000000720. The van der Waals surface area contributed by atoms with Crippen molar-refractivity contribution in [3.8, 4) is 5.75 Å². The molecule has 2 N–H and O–H groups in total. The van der Waals surface area contributed by atoms with Gasteiger partial charge in [-0.05, 0) is 38.8 Å². The lowest BCUT2D eigenvalue weighted by Crippen LogP contribution is -2.31. The average Bonchev–Trinajstić information content (AvgIpc) is 2.98. The monoisotopic (exact) mass is 432 g/mol. The molecule has 0 radical (unpaired) electrons. The van der Waals surface area contributed by atoms with Crippen LogP contribution in [-0.4, -0.2) is 71.3 Å². The number of hydrogen-bond donors (Lipinski definition) is 2. The van der Waals surface area contributed by atoms with E-state index in [4.69, 9.17) is 24.5 Å². The molecule has 0 aromatic carbocycles. The van der Waals surface area contributed by atoms with Crippen LogP contribution in [0.2, 0.25) is 0 Å². The minimum atomic E-state index is -0.250. The molecule has 2 aromatic heterocycles. The van der Waals surface area contributed by atoms with E-state index in [2.05, 4.69) is 39.7 Å². The molecular formula is C22H32N4O5. The number of hydrogen-bond acceptors (Lipinski definition) is 7. The minimum absolute atomic E-state index is 0.250. The fraction of sp³-hybridized carbons (Fsp3) is 0.455. The standard InChI is InChI=1S/C20H28N4O.2CH2O2/c1-15-12-21-7-6-19(15)24-9-5-8-23(10-11-24)14-18-17(3)20(25-4)16(2)13-22-18;2*2-1-3/h6-7,12-13H,5,8-11,14H2,1-4H3;2*1H,(H,2,3). The molecule has 1 fully saturated rings. The summed E-state index contributed by atoms with van der Waals surface area (Å²) in [6.07, 6.45) is 6.91. The predicted molar refractivity (Wildman–Crippen MR) is 119 cm³/mol. The number of aryl methyl sites for hydroxylation is 2. The highest BCUT2D eigenvalue weighted by Crippen LogP contribution is 2.25. The van der Waals surface area contributed by atoms with E-state index in [9.17, 15) is 0 Å². The molecule has 0 amide bonds. The van der Waals surface area contributed by atoms with Crippen LogP contribution < -0.4 is 9.64 Å². The molecule has 1 saturated heterocycles. The number of methoxy groups -OCH3 is 1. The van der Waals surface area contributed by atoms with Crippen molar-refractivity contribution in [3.63, 3.8) is 0 Å². The molecule has 0 spiro atoms. The van der Waals surface area contributed by atoms with Crippen LogP contribution in [0.25, 0.3) is 0 Å². The fourth-order valence-corrected chi connectivity index (χ4v) is 3.63. The van der Waals surface area contributed by atoms with Gasteiger partial charge in [0.05, 0.1) is 12.8 Å². The molecule has 0 aliphatic carbocycles. The van der Waals surface area contributed by atoms with Crippen molar-refractivity contribution in [2.75, 3.05) is 38.2 Å². The molecule has 0 bridgehead atoms. The van der Waals surface area contributed by atoms with Gasteiger partial charge >= 0.3 is 0 Å². The lowest BCUT2D eigenvalue weighted by Gasteiger charge is -2.25. The summed E-state index contributed by atoms with van der Waals surface area (Å²) < 4.78 is 5.55. The SMILES string of the molecule is COc1c(C)cnc(CN2CCCN(c3ccncc3C)CC2)c1C.O=CO.O=CO. The lowest BCUT2D eigenvalue weighted by molar-refractivity contribution is -0.123. The zero-order valence-corrected chi connectivity index (χ0v) is 18.6. The molecule has 31 heavy (non-hydrogen) atoms. The third-order valence-corrected chi connectivity index (χ3v) is 5.04. The smallest absolute Gasteiger partial charge is 0.290 e. The van der Waals surface area contributed by atoms with E-state index in [1.165, 1.54) is 11.3 Å². The van der Waals surface area contributed by atoms with Crippen LogP contribution in [0, 0.1) is 20.8 Å². The maximum Gasteiger partial charge on any atom is 0.290 e. The van der Waals surface area contributed by atoms with Crippen LogP contribution in [-0.2, 0) is 16.1 Å². The Morgan fingerprint density at radius 1 is 1.03 bits per heavy atom. The highest BCUT2D eigenvalue weighted by molar-refractivity contribution is 5.51. The number of ether oxygens (including phenoxy) is 1. The minimum Gasteiger partial charge on any atom is -0.496 e. The molecule has 0 saturated carbocycles. The van der Waals surface area contributed by atoms with Crippen LogP contribution >= 0.6 is 0 Å². The Morgan fingerprint density at radius 3 is 2.32 bits per heavy atom. The quantitative estimate of drug-likeness (QED) is 0.703. The van der Waals surface area contributed by atoms with Gasteiger partial charge in [-0.1, -0.05) is 0 Å². The van der Waals surface area contributed by atoms with Crippen molar-refractivity contribution < 1.29 is 24.5 Å². The fourth-order valence-electron chi connectivity index (χ4n) is 3.63. The average molecular weight is 433 g/mol. The molecule has 1 aliphatic heterocycles. The third kappa shape index (κ3) is 7.86. The molecule has 0 atom stereocenters. The zero-order chi connectivity index (χ0) is 23.2. The van der Waals surface area contributed by atoms with E-state index in [0.29, 0.717) is 0 Å². The number of anilines is 1. The van der Waals surface area contributed by atoms with Crippen molar-refractivity contribution in [2.45, 2.75) is 33.7 Å². The van der Waals surface area contributed by atoms with Gasteiger partial charge in [0.15, 0.2) is 0 Å². The zero-order valence-electron chi connectivity index (χ0n) is 18.6. The highest BCUT2D eigenvalue weighted by atomic mass is 16.5. The molecular weight excluding hydrogens is 400 g/mol. The van der Waals surface area contributed by atoms with Crippen molar-refractivity contribution in [3.05, 3.63) is 47.0 Å². The highest BCUT2D eigenvalue weighted by Gasteiger charge is 2.18. The maximum absolute atomic E-state index is 8.36. The van der Waals surface area contributed by atoms with Gasteiger partial charge in [0.2, 0.25) is 0 Å². The summed E-state index contributed by atoms with van der Waals surface area (Å²) in [5.74, 6) is 0.967. The summed E-state index contributed by atoms with van der Waals surface area (Å²) in [7, 11) is 1.74. The predicted octanol–water partition coefficient (Wildman–Crippen LogP) is 2.52. The summed E-state index contributed by atoms with van der Waals surface area (Å²) in [6.45, 7) is 10.9. The Labute approximate surface area is 183 Å². The van der Waals surface area contributed by atoms with Crippen LogP contribution in [0.3, 0.4) is 0 Å². The van der Waals surface area contributed by atoms with E-state index in [1.807, 2.05) is 25.5 Å².